The number of carbonyl (C=O) groups excluding carboxylic acids is 1. The summed E-state index contributed by atoms with van der Waals surface area (Å²) in [5, 5.41) is 8.65. The Kier molecular flexibility index (Phi) is 5.86. The van der Waals surface area contributed by atoms with Crippen LogP contribution >= 0.6 is 0 Å². The number of benzene rings is 1. The van der Waals surface area contributed by atoms with Crippen molar-refractivity contribution >= 4 is 21.9 Å². The lowest BCUT2D eigenvalue weighted by Crippen LogP contribution is -2.32. The predicted octanol–water partition coefficient (Wildman–Crippen LogP) is 0.532. The fourth-order valence-electron chi connectivity index (χ4n) is 1.71. The minimum absolute atomic E-state index is 0.0649. The highest BCUT2D eigenvalue weighted by molar-refractivity contribution is 7.89. The van der Waals surface area contributed by atoms with E-state index in [2.05, 4.69) is 4.72 Å². The summed E-state index contributed by atoms with van der Waals surface area (Å²) in [5.74, 6) is -1.30. The fourth-order valence-corrected chi connectivity index (χ4v) is 2.44. The molecule has 1 aromatic carbocycles. The Morgan fingerprint density at radius 1 is 1.24 bits per heavy atom. The number of sulfonamides is 1. The molecule has 0 aliphatic rings. The third kappa shape index (κ3) is 4.54. The predicted molar refractivity (Wildman–Crippen MR) is 76.5 cm³/mol. The minimum Gasteiger partial charge on any atom is -0.481 e. The topological polar surface area (TPSA) is 104 Å². The van der Waals surface area contributed by atoms with E-state index in [4.69, 9.17) is 5.11 Å². The van der Waals surface area contributed by atoms with Gasteiger partial charge in [0.15, 0.2) is 0 Å². The fraction of sp³-hybridized carbons (Fsp3) is 0.385. The second-order valence-electron chi connectivity index (χ2n) is 4.26. The minimum atomic E-state index is -3.54. The molecule has 116 valence electrons. The lowest BCUT2D eigenvalue weighted by molar-refractivity contribution is -0.137. The van der Waals surface area contributed by atoms with Gasteiger partial charge >= 0.3 is 5.97 Å². The number of hydrogen-bond donors (Lipinski definition) is 2. The van der Waals surface area contributed by atoms with Crippen LogP contribution in [0.4, 0.5) is 0 Å². The first-order valence-electron chi connectivity index (χ1n) is 6.36. The second-order valence-corrected chi connectivity index (χ2v) is 6.15. The van der Waals surface area contributed by atoms with E-state index in [0.717, 1.165) is 0 Å². The molecule has 2 N–H and O–H groups in total. The normalized spacial score (nSPS) is 11.1. The van der Waals surface area contributed by atoms with E-state index in [1.54, 1.807) is 6.92 Å². The molecule has 7 nitrogen and oxygen atoms in total. The Bertz CT molecular complexity index is 610. The monoisotopic (exact) mass is 314 g/mol. The molecule has 0 radical (unpaired) electrons. The zero-order valence-corrected chi connectivity index (χ0v) is 12.7. The van der Waals surface area contributed by atoms with Gasteiger partial charge in [-0.25, -0.2) is 13.1 Å². The Morgan fingerprint density at radius 3 is 2.24 bits per heavy atom. The summed E-state index contributed by atoms with van der Waals surface area (Å²) in [5.41, 5.74) is 0.317. The number of carbonyl (C=O) groups is 2. The Morgan fingerprint density at radius 2 is 1.81 bits per heavy atom. The van der Waals surface area contributed by atoms with Crippen molar-refractivity contribution in [3.05, 3.63) is 29.8 Å². The number of carboxylic acids is 1. The third-order valence-corrected chi connectivity index (χ3v) is 4.38. The molecule has 8 heteroatoms. The van der Waals surface area contributed by atoms with Gasteiger partial charge < -0.3 is 10.0 Å². The van der Waals surface area contributed by atoms with Gasteiger partial charge in [0.2, 0.25) is 10.0 Å². The first-order valence-corrected chi connectivity index (χ1v) is 7.84. The smallest absolute Gasteiger partial charge is 0.305 e. The molecule has 0 fully saturated rings. The first-order chi connectivity index (χ1) is 9.81. The highest BCUT2D eigenvalue weighted by Gasteiger charge is 2.17. The highest BCUT2D eigenvalue weighted by Crippen LogP contribution is 2.12. The molecule has 0 aliphatic carbocycles. The van der Waals surface area contributed by atoms with E-state index in [-0.39, 0.29) is 23.8 Å². The largest absolute Gasteiger partial charge is 0.481 e. The highest BCUT2D eigenvalue weighted by atomic mass is 32.2. The van der Waals surface area contributed by atoms with Crippen molar-refractivity contribution in [2.45, 2.75) is 18.2 Å². The number of rotatable bonds is 7. The average molecular weight is 314 g/mol. The maximum atomic E-state index is 12.2. The molecule has 0 unspecified atom stereocenters. The zero-order valence-electron chi connectivity index (χ0n) is 11.9. The molecule has 0 atom stereocenters. The lowest BCUT2D eigenvalue weighted by Gasteiger charge is -2.20. The van der Waals surface area contributed by atoms with Crippen molar-refractivity contribution in [3.63, 3.8) is 0 Å². The van der Waals surface area contributed by atoms with E-state index in [1.807, 2.05) is 0 Å². The van der Waals surface area contributed by atoms with Crippen LogP contribution in [0.2, 0.25) is 0 Å². The molecular formula is C13H18N2O5S. The van der Waals surface area contributed by atoms with Gasteiger partial charge in [0.25, 0.3) is 5.91 Å². The standard InChI is InChI=1S/C13H18N2O5S/c1-3-15(9-8-12(16)17)13(18)10-4-6-11(7-5-10)21(19,20)14-2/h4-7,14H,3,8-9H2,1-2H3,(H,16,17). The summed E-state index contributed by atoms with van der Waals surface area (Å²) in [6.45, 7) is 2.24. The van der Waals surface area contributed by atoms with Crippen LogP contribution in [0.25, 0.3) is 0 Å². The molecule has 0 heterocycles. The van der Waals surface area contributed by atoms with Gasteiger partial charge in [0.1, 0.15) is 0 Å². The van der Waals surface area contributed by atoms with Crippen LogP contribution in [-0.4, -0.2) is 50.4 Å². The molecule has 1 aromatic rings. The third-order valence-electron chi connectivity index (χ3n) is 2.94. The van der Waals surface area contributed by atoms with Crippen molar-refractivity contribution in [1.82, 2.24) is 9.62 Å². The van der Waals surface area contributed by atoms with Gasteiger partial charge in [-0.05, 0) is 38.2 Å². The summed E-state index contributed by atoms with van der Waals surface area (Å²) in [6, 6.07) is 5.50. The van der Waals surface area contributed by atoms with E-state index >= 15 is 0 Å². The van der Waals surface area contributed by atoms with Crippen molar-refractivity contribution < 1.29 is 23.1 Å². The van der Waals surface area contributed by atoms with E-state index in [0.29, 0.717) is 12.1 Å². The van der Waals surface area contributed by atoms with E-state index in [9.17, 15) is 18.0 Å². The van der Waals surface area contributed by atoms with E-state index in [1.165, 1.54) is 36.2 Å². The van der Waals surface area contributed by atoms with Crippen LogP contribution in [0.5, 0.6) is 0 Å². The van der Waals surface area contributed by atoms with Crippen LogP contribution in [0.3, 0.4) is 0 Å². The number of aliphatic carboxylic acids is 1. The molecule has 1 amide bonds. The van der Waals surface area contributed by atoms with Gasteiger partial charge in [-0.15, -0.1) is 0 Å². The quantitative estimate of drug-likeness (QED) is 0.764. The molecule has 0 saturated carbocycles. The summed E-state index contributed by atoms with van der Waals surface area (Å²) >= 11 is 0. The Labute approximate surface area is 123 Å². The Hall–Kier alpha value is -1.93. The van der Waals surface area contributed by atoms with Gasteiger partial charge in [0.05, 0.1) is 11.3 Å². The molecule has 0 bridgehead atoms. The number of carboxylic acid groups (broad SMARTS) is 1. The van der Waals surface area contributed by atoms with Crippen LogP contribution in [0.15, 0.2) is 29.2 Å². The molecule has 0 aromatic heterocycles. The van der Waals surface area contributed by atoms with Crippen LogP contribution in [-0.2, 0) is 14.8 Å². The number of amides is 1. The molecule has 0 saturated heterocycles. The number of nitrogens with zero attached hydrogens (tertiary/aromatic N) is 1. The molecule has 21 heavy (non-hydrogen) atoms. The second kappa shape index (κ2) is 7.19. The summed E-state index contributed by atoms with van der Waals surface area (Å²) < 4.78 is 25.3. The number of nitrogens with one attached hydrogen (secondary N) is 1. The SMILES string of the molecule is CCN(CCC(=O)O)C(=O)c1ccc(S(=O)(=O)NC)cc1. The average Bonchev–Trinajstić information content (AvgIpc) is 2.47. The molecular weight excluding hydrogens is 296 g/mol. The Balaban J connectivity index is 2.90. The number of hydrogen-bond acceptors (Lipinski definition) is 4. The van der Waals surface area contributed by atoms with Gasteiger partial charge in [-0.2, -0.15) is 0 Å². The van der Waals surface area contributed by atoms with Crippen molar-refractivity contribution in [3.8, 4) is 0 Å². The molecule has 1 rings (SSSR count). The van der Waals surface area contributed by atoms with Crippen molar-refractivity contribution in [1.29, 1.82) is 0 Å². The van der Waals surface area contributed by atoms with Gasteiger partial charge in [0, 0.05) is 18.7 Å². The van der Waals surface area contributed by atoms with Gasteiger partial charge in [-0.1, -0.05) is 0 Å². The molecule has 0 spiro atoms. The molecule has 0 aliphatic heterocycles. The summed E-state index contributed by atoms with van der Waals surface area (Å²) in [4.78, 5) is 24.2. The summed E-state index contributed by atoms with van der Waals surface area (Å²) in [7, 11) is -2.24. The van der Waals surface area contributed by atoms with Crippen LogP contribution in [0, 0.1) is 0 Å². The zero-order chi connectivity index (χ0) is 16.0. The van der Waals surface area contributed by atoms with Crippen molar-refractivity contribution in [2.75, 3.05) is 20.1 Å². The van der Waals surface area contributed by atoms with Crippen LogP contribution < -0.4 is 4.72 Å². The summed E-state index contributed by atoms with van der Waals surface area (Å²) in [6.07, 6.45) is -0.133. The maximum absolute atomic E-state index is 12.2. The first kappa shape index (κ1) is 17.1. The van der Waals surface area contributed by atoms with Crippen molar-refractivity contribution in [2.24, 2.45) is 0 Å². The van der Waals surface area contributed by atoms with E-state index < -0.39 is 16.0 Å². The van der Waals surface area contributed by atoms with Gasteiger partial charge in [-0.3, -0.25) is 9.59 Å². The lowest BCUT2D eigenvalue weighted by atomic mass is 10.2. The van der Waals surface area contributed by atoms with Crippen LogP contribution in [0.1, 0.15) is 23.7 Å². The maximum Gasteiger partial charge on any atom is 0.305 e.